The monoisotopic (exact) mass is 456 g/mol. The number of aromatic nitrogens is 3. The summed E-state index contributed by atoms with van der Waals surface area (Å²) in [7, 11) is -2.63. The first-order valence-electron chi connectivity index (χ1n) is 8.96. The maximum atomic E-state index is 12.5. The highest BCUT2D eigenvalue weighted by atomic mass is 32.2. The number of rotatable bonds is 7. The van der Waals surface area contributed by atoms with E-state index in [1.165, 1.54) is 18.4 Å². The second-order valence-corrected chi connectivity index (χ2v) is 9.04. The molecule has 11 heteroatoms. The number of nitrogens with zero attached hydrogens (tertiary/aromatic N) is 3. The van der Waals surface area contributed by atoms with E-state index in [1.807, 2.05) is 30.3 Å². The molecule has 31 heavy (non-hydrogen) atoms. The van der Waals surface area contributed by atoms with Gasteiger partial charge in [0.15, 0.2) is 5.13 Å². The number of hydrogen-bond acceptors (Lipinski definition) is 9. The third-order valence-corrected chi connectivity index (χ3v) is 6.23. The van der Waals surface area contributed by atoms with Gasteiger partial charge in [-0.05, 0) is 18.2 Å². The van der Waals surface area contributed by atoms with Crippen molar-refractivity contribution in [3.63, 3.8) is 0 Å². The van der Waals surface area contributed by atoms with Gasteiger partial charge in [-0.2, -0.15) is 0 Å². The van der Waals surface area contributed by atoms with Crippen molar-refractivity contribution in [2.45, 2.75) is 5.22 Å². The molecule has 0 aliphatic heterocycles. The molecule has 2 aromatic heterocycles. The zero-order valence-corrected chi connectivity index (χ0v) is 17.8. The van der Waals surface area contributed by atoms with Crippen LogP contribution in [0.4, 0.5) is 5.13 Å². The van der Waals surface area contributed by atoms with Crippen LogP contribution < -0.4 is 10.1 Å². The van der Waals surface area contributed by atoms with E-state index in [2.05, 4.69) is 20.5 Å². The Morgan fingerprint density at radius 3 is 2.65 bits per heavy atom. The molecular formula is C20H16N4O5S2. The number of benzene rings is 2. The first kappa shape index (κ1) is 20.7. The van der Waals surface area contributed by atoms with E-state index < -0.39 is 26.7 Å². The minimum absolute atomic E-state index is 0.00492. The van der Waals surface area contributed by atoms with Gasteiger partial charge < -0.3 is 14.5 Å². The second-order valence-electron chi connectivity index (χ2n) is 6.32. The number of ether oxygens (including phenoxy) is 1. The maximum Gasteiger partial charge on any atom is 0.336 e. The molecule has 0 aliphatic rings. The molecule has 0 spiro atoms. The highest BCUT2D eigenvalue weighted by Crippen LogP contribution is 2.26. The van der Waals surface area contributed by atoms with E-state index in [9.17, 15) is 13.2 Å². The molecule has 2 heterocycles. The highest BCUT2D eigenvalue weighted by Gasteiger charge is 2.27. The van der Waals surface area contributed by atoms with E-state index in [0.717, 1.165) is 5.56 Å². The van der Waals surface area contributed by atoms with Crippen LogP contribution in [-0.2, 0) is 14.6 Å². The zero-order valence-electron chi connectivity index (χ0n) is 16.2. The summed E-state index contributed by atoms with van der Waals surface area (Å²) in [5.41, 5.74) is 2.07. The lowest BCUT2D eigenvalue weighted by Crippen LogP contribution is -2.23. The lowest BCUT2D eigenvalue weighted by Gasteiger charge is -2.01. The van der Waals surface area contributed by atoms with Gasteiger partial charge in [-0.1, -0.05) is 41.5 Å². The molecule has 0 radical (unpaired) electrons. The largest absolute Gasteiger partial charge is 0.497 e. The fourth-order valence-electron chi connectivity index (χ4n) is 2.67. The molecule has 4 rings (SSSR count). The Hall–Kier alpha value is -3.57. The molecule has 9 nitrogen and oxygen atoms in total. The Kier molecular flexibility index (Phi) is 5.78. The van der Waals surface area contributed by atoms with Crippen LogP contribution in [0.25, 0.3) is 22.7 Å². The van der Waals surface area contributed by atoms with Crippen LogP contribution >= 0.6 is 11.3 Å². The van der Waals surface area contributed by atoms with Crippen LogP contribution in [0.15, 0.2) is 69.6 Å². The van der Waals surface area contributed by atoms with Crippen molar-refractivity contribution in [1.29, 1.82) is 0 Å². The Morgan fingerprint density at radius 2 is 1.87 bits per heavy atom. The number of hydrogen-bond donors (Lipinski definition) is 1. The van der Waals surface area contributed by atoms with Gasteiger partial charge in [0, 0.05) is 16.5 Å². The van der Waals surface area contributed by atoms with Crippen LogP contribution in [0.3, 0.4) is 0 Å². The first-order chi connectivity index (χ1) is 14.9. The highest BCUT2D eigenvalue weighted by molar-refractivity contribution is 7.91. The van der Waals surface area contributed by atoms with Crippen LogP contribution in [0, 0.1) is 0 Å². The molecule has 0 fully saturated rings. The van der Waals surface area contributed by atoms with Gasteiger partial charge in [0.05, 0.1) is 12.8 Å². The van der Waals surface area contributed by atoms with Gasteiger partial charge in [0.25, 0.3) is 0 Å². The summed E-state index contributed by atoms with van der Waals surface area (Å²) in [6.45, 7) is 0. The molecule has 158 valence electrons. The maximum absolute atomic E-state index is 12.5. The van der Waals surface area contributed by atoms with Crippen molar-refractivity contribution in [2.24, 2.45) is 0 Å². The summed E-state index contributed by atoms with van der Waals surface area (Å²) in [4.78, 5) is 16.6. The average Bonchev–Trinajstić information content (AvgIpc) is 3.44. The van der Waals surface area contributed by atoms with Crippen molar-refractivity contribution >= 4 is 32.2 Å². The predicted octanol–water partition coefficient (Wildman–Crippen LogP) is 3.28. The second kappa shape index (κ2) is 8.66. The fourth-order valence-corrected chi connectivity index (χ4v) is 4.32. The molecule has 2 aromatic carbocycles. The lowest BCUT2D eigenvalue weighted by molar-refractivity contribution is -0.113. The standard InChI is InChI=1S/C20H16N4O5S2/c1-28-15-9-5-8-14(10-15)18-23-24-20(29-18)31(26,27)12-17(25)22-19-21-16(11-30-19)13-6-3-2-4-7-13/h2-11H,12H2,1H3,(H,21,22,25). The van der Waals surface area contributed by atoms with Crippen LogP contribution in [-0.4, -0.2) is 42.4 Å². The van der Waals surface area contributed by atoms with Gasteiger partial charge >= 0.3 is 5.22 Å². The number of sulfone groups is 1. The van der Waals surface area contributed by atoms with Gasteiger partial charge in [-0.15, -0.1) is 16.4 Å². The third kappa shape index (κ3) is 4.78. The van der Waals surface area contributed by atoms with Crippen LogP contribution in [0.2, 0.25) is 0 Å². The van der Waals surface area contributed by atoms with Crippen LogP contribution in [0.1, 0.15) is 0 Å². The van der Waals surface area contributed by atoms with Crippen molar-refractivity contribution in [1.82, 2.24) is 15.2 Å². The SMILES string of the molecule is COc1cccc(-c2nnc(S(=O)(=O)CC(=O)Nc3nc(-c4ccccc4)cs3)o2)c1. The molecule has 0 saturated heterocycles. The molecule has 0 saturated carbocycles. The molecular weight excluding hydrogens is 440 g/mol. The topological polar surface area (TPSA) is 124 Å². The Bertz CT molecular complexity index is 1320. The lowest BCUT2D eigenvalue weighted by atomic mass is 10.2. The van der Waals surface area contributed by atoms with E-state index in [4.69, 9.17) is 9.15 Å². The Balaban J connectivity index is 1.45. The van der Waals surface area contributed by atoms with Gasteiger partial charge in [-0.3, -0.25) is 4.79 Å². The van der Waals surface area contributed by atoms with E-state index in [-0.39, 0.29) is 5.89 Å². The van der Waals surface area contributed by atoms with E-state index in [0.29, 0.717) is 22.1 Å². The summed E-state index contributed by atoms with van der Waals surface area (Å²) in [6.07, 6.45) is 0. The minimum Gasteiger partial charge on any atom is -0.497 e. The molecule has 0 unspecified atom stereocenters. The van der Waals surface area contributed by atoms with E-state index >= 15 is 0 Å². The number of thiazole rings is 1. The molecule has 4 aromatic rings. The molecule has 1 N–H and O–H groups in total. The van der Waals surface area contributed by atoms with Crippen molar-refractivity contribution < 1.29 is 22.4 Å². The summed E-state index contributed by atoms with van der Waals surface area (Å²) < 4.78 is 35.5. The quantitative estimate of drug-likeness (QED) is 0.449. The number of carbonyl (C=O) groups is 1. The molecule has 0 bridgehead atoms. The summed E-state index contributed by atoms with van der Waals surface area (Å²) in [5.74, 6) is -1.05. The summed E-state index contributed by atoms with van der Waals surface area (Å²) in [6, 6.07) is 16.2. The third-order valence-electron chi connectivity index (χ3n) is 4.13. The number of nitrogens with one attached hydrogen (secondary N) is 1. The Labute approximate surface area is 181 Å². The number of anilines is 1. The van der Waals surface area contributed by atoms with Crippen molar-refractivity contribution in [3.8, 4) is 28.5 Å². The number of methoxy groups -OCH3 is 1. The number of amides is 1. The average molecular weight is 457 g/mol. The Morgan fingerprint density at radius 1 is 1.10 bits per heavy atom. The van der Waals surface area contributed by atoms with E-state index in [1.54, 1.807) is 29.6 Å². The fraction of sp³-hybridized carbons (Fsp3) is 0.100. The normalized spacial score (nSPS) is 11.3. The first-order valence-corrected chi connectivity index (χ1v) is 11.5. The van der Waals surface area contributed by atoms with Crippen molar-refractivity contribution in [2.75, 3.05) is 18.2 Å². The van der Waals surface area contributed by atoms with Gasteiger partial charge in [0.1, 0.15) is 11.5 Å². The van der Waals surface area contributed by atoms with Crippen molar-refractivity contribution in [3.05, 3.63) is 60.0 Å². The molecule has 1 amide bonds. The van der Waals surface area contributed by atoms with Gasteiger partial charge in [-0.25, -0.2) is 13.4 Å². The predicted molar refractivity (Wildman–Crippen MR) is 115 cm³/mol. The van der Waals surface area contributed by atoms with Crippen LogP contribution in [0.5, 0.6) is 5.75 Å². The molecule has 0 atom stereocenters. The van der Waals surface area contributed by atoms with Gasteiger partial charge in [0.2, 0.25) is 21.6 Å². The molecule has 0 aliphatic carbocycles. The number of carbonyl (C=O) groups excluding carboxylic acids is 1. The summed E-state index contributed by atoms with van der Waals surface area (Å²) >= 11 is 1.20. The zero-order chi connectivity index (χ0) is 21.8. The summed E-state index contributed by atoms with van der Waals surface area (Å²) in [5, 5.41) is 11.3. The minimum atomic E-state index is -4.13. The smallest absolute Gasteiger partial charge is 0.336 e.